The van der Waals surface area contributed by atoms with Gasteiger partial charge in [0.05, 0.1) is 12.3 Å². The van der Waals surface area contributed by atoms with Crippen LogP contribution in [0.25, 0.3) is 16.8 Å². The van der Waals surface area contributed by atoms with Crippen molar-refractivity contribution in [1.29, 1.82) is 0 Å². The van der Waals surface area contributed by atoms with Crippen molar-refractivity contribution >= 4 is 5.82 Å². The van der Waals surface area contributed by atoms with E-state index >= 15 is 0 Å². The maximum Gasteiger partial charge on any atom is 0.257 e. The van der Waals surface area contributed by atoms with Gasteiger partial charge in [0.15, 0.2) is 0 Å². The van der Waals surface area contributed by atoms with Crippen LogP contribution in [0, 0.1) is 0 Å². The minimum Gasteiger partial charge on any atom is -0.494 e. The monoisotopic (exact) mass is 403 g/mol. The lowest BCUT2D eigenvalue weighted by Crippen LogP contribution is -2.47. The minimum atomic E-state index is -0.0134. The van der Waals surface area contributed by atoms with Gasteiger partial charge in [-0.15, -0.1) is 0 Å². The molecule has 5 heteroatoms. The molecule has 0 atom stereocenters. The van der Waals surface area contributed by atoms with Crippen molar-refractivity contribution in [2.75, 3.05) is 44.2 Å². The zero-order valence-corrected chi connectivity index (χ0v) is 17.8. The molecule has 1 aromatic heterocycles. The molecule has 156 valence electrons. The summed E-state index contributed by atoms with van der Waals surface area (Å²) in [6.07, 6.45) is 0. The highest BCUT2D eigenvalue weighted by Gasteiger charge is 2.20. The molecule has 0 unspecified atom stereocenters. The molecular formula is C25H29N3O2. The van der Waals surface area contributed by atoms with Gasteiger partial charge in [0.25, 0.3) is 5.56 Å². The fourth-order valence-corrected chi connectivity index (χ4v) is 4.00. The van der Waals surface area contributed by atoms with E-state index in [1.54, 1.807) is 6.07 Å². The molecule has 5 nitrogen and oxygen atoms in total. The molecule has 1 fully saturated rings. The summed E-state index contributed by atoms with van der Waals surface area (Å²) < 4.78 is 7.39. The highest BCUT2D eigenvalue weighted by molar-refractivity contribution is 5.68. The standard InChI is InChI=1S/C25H29N3O2/c1-3-26-14-16-27(17-15-26)24-18-21(20-10-12-23(13-11-20)30-4-2)19-25(29)28(24)22-8-6-5-7-9-22/h5-13,18-19H,3-4,14-17H2,1-2H3. The molecule has 1 saturated heterocycles. The van der Waals surface area contributed by atoms with E-state index in [1.165, 1.54) is 0 Å². The number of rotatable bonds is 6. The normalized spacial score (nSPS) is 14.7. The molecule has 2 aromatic carbocycles. The van der Waals surface area contributed by atoms with E-state index in [2.05, 4.69) is 22.8 Å². The summed E-state index contributed by atoms with van der Waals surface area (Å²) >= 11 is 0. The number of benzene rings is 2. The molecule has 30 heavy (non-hydrogen) atoms. The van der Waals surface area contributed by atoms with E-state index in [0.717, 1.165) is 61.1 Å². The molecule has 0 spiro atoms. The number of ether oxygens (including phenoxy) is 1. The third-order valence-corrected chi connectivity index (χ3v) is 5.67. The first-order chi connectivity index (χ1) is 14.7. The first-order valence-electron chi connectivity index (χ1n) is 10.7. The second-order valence-electron chi connectivity index (χ2n) is 7.49. The lowest BCUT2D eigenvalue weighted by Gasteiger charge is -2.36. The zero-order chi connectivity index (χ0) is 20.9. The Hall–Kier alpha value is -3.05. The van der Waals surface area contributed by atoms with E-state index in [4.69, 9.17) is 4.74 Å². The summed E-state index contributed by atoms with van der Waals surface area (Å²) in [7, 11) is 0. The van der Waals surface area contributed by atoms with Gasteiger partial charge in [0.2, 0.25) is 0 Å². The van der Waals surface area contributed by atoms with Gasteiger partial charge in [-0.1, -0.05) is 37.3 Å². The maximum absolute atomic E-state index is 13.3. The Morgan fingerprint density at radius 1 is 0.833 bits per heavy atom. The smallest absolute Gasteiger partial charge is 0.257 e. The largest absolute Gasteiger partial charge is 0.494 e. The summed E-state index contributed by atoms with van der Waals surface area (Å²) in [5, 5.41) is 0. The van der Waals surface area contributed by atoms with Crippen LogP contribution in [0.1, 0.15) is 13.8 Å². The Labute approximate surface area is 178 Å². The number of para-hydroxylation sites is 1. The van der Waals surface area contributed by atoms with Crippen molar-refractivity contribution in [3.05, 3.63) is 77.1 Å². The third kappa shape index (κ3) is 4.26. The van der Waals surface area contributed by atoms with Crippen molar-refractivity contribution < 1.29 is 4.74 Å². The van der Waals surface area contributed by atoms with E-state index in [9.17, 15) is 4.79 Å². The predicted octanol–water partition coefficient (Wildman–Crippen LogP) is 4.05. The second kappa shape index (κ2) is 9.18. The van der Waals surface area contributed by atoms with Gasteiger partial charge in [-0.2, -0.15) is 0 Å². The Balaban J connectivity index is 1.77. The summed E-state index contributed by atoms with van der Waals surface area (Å²) in [6.45, 7) is 9.70. The molecule has 0 amide bonds. The van der Waals surface area contributed by atoms with Crippen LogP contribution in [0.4, 0.5) is 5.82 Å². The first-order valence-corrected chi connectivity index (χ1v) is 10.7. The molecule has 1 aliphatic heterocycles. The van der Waals surface area contributed by atoms with Crippen molar-refractivity contribution in [2.24, 2.45) is 0 Å². The van der Waals surface area contributed by atoms with Gasteiger partial charge in [-0.25, -0.2) is 0 Å². The Morgan fingerprint density at radius 2 is 1.53 bits per heavy atom. The lowest BCUT2D eigenvalue weighted by molar-refractivity contribution is 0.270. The van der Waals surface area contributed by atoms with Gasteiger partial charge < -0.3 is 14.5 Å². The number of likely N-dealkylation sites (N-methyl/N-ethyl adjacent to an activating group) is 1. The van der Waals surface area contributed by atoms with Gasteiger partial charge in [-0.05, 0) is 54.9 Å². The lowest BCUT2D eigenvalue weighted by atomic mass is 10.1. The predicted molar refractivity (Wildman–Crippen MR) is 123 cm³/mol. The minimum absolute atomic E-state index is 0.0134. The van der Waals surface area contributed by atoms with Crippen LogP contribution in [0.5, 0.6) is 5.75 Å². The summed E-state index contributed by atoms with van der Waals surface area (Å²) in [4.78, 5) is 18.0. The Bertz CT molecular complexity index is 1020. The summed E-state index contributed by atoms with van der Waals surface area (Å²) in [5.74, 6) is 1.79. The molecule has 1 aliphatic rings. The zero-order valence-electron chi connectivity index (χ0n) is 17.8. The van der Waals surface area contributed by atoms with Crippen molar-refractivity contribution in [3.8, 4) is 22.6 Å². The number of piperazine rings is 1. The van der Waals surface area contributed by atoms with E-state index in [-0.39, 0.29) is 5.56 Å². The van der Waals surface area contributed by atoms with Gasteiger partial charge >= 0.3 is 0 Å². The average Bonchev–Trinajstić information content (AvgIpc) is 2.80. The number of aromatic nitrogens is 1. The van der Waals surface area contributed by atoms with Crippen LogP contribution in [0.2, 0.25) is 0 Å². The van der Waals surface area contributed by atoms with E-state index < -0.39 is 0 Å². The van der Waals surface area contributed by atoms with E-state index in [0.29, 0.717) is 6.61 Å². The summed E-state index contributed by atoms with van der Waals surface area (Å²) in [6, 6.07) is 21.7. The highest BCUT2D eigenvalue weighted by atomic mass is 16.5. The van der Waals surface area contributed by atoms with Crippen LogP contribution >= 0.6 is 0 Å². The molecule has 3 aromatic rings. The number of hydrogen-bond acceptors (Lipinski definition) is 4. The van der Waals surface area contributed by atoms with Gasteiger partial charge in [0.1, 0.15) is 11.6 Å². The van der Waals surface area contributed by atoms with Gasteiger partial charge in [0, 0.05) is 32.2 Å². The quantitative estimate of drug-likeness (QED) is 0.622. The van der Waals surface area contributed by atoms with Crippen LogP contribution in [0.3, 0.4) is 0 Å². The van der Waals surface area contributed by atoms with Crippen LogP contribution in [-0.2, 0) is 0 Å². The summed E-state index contributed by atoms with van der Waals surface area (Å²) in [5.41, 5.74) is 2.83. The maximum atomic E-state index is 13.3. The SMILES string of the molecule is CCOc1ccc(-c2cc(N3CCN(CC)CC3)n(-c3ccccc3)c(=O)c2)cc1. The molecule has 0 saturated carbocycles. The second-order valence-corrected chi connectivity index (χ2v) is 7.49. The molecule has 0 bridgehead atoms. The first kappa shape index (κ1) is 20.2. The number of hydrogen-bond donors (Lipinski definition) is 0. The van der Waals surface area contributed by atoms with Crippen molar-refractivity contribution in [3.63, 3.8) is 0 Å². The number of anilines is 1. The molecule has 0 aliphatic carbocycles. The average molecular weight is 404 g/mol. The van der Waals surface area contributed by atoms with Crippen LogP contribution < -0.4 is 15.2 Å². The van der Waals surface area contributed by atoms with E-state index in [1.807, 2.05) is 66.1 Å². The molecule has 0 radical (unpaired) electrons. The number of nitrogens with zero attached hydrogens (tertiary/aromatic N) is 3. The Morgan fingerprint density at radius 3 is 2.17 bits per heavy atom. The fourth-order valence-electron chi connectivity index (χ4n) is 4.00. The number of pyridine rings is 1. The molecule has 4 rings (SSSR count). The molecule has 0 N–H and O–H groups in total. The van der Waals surface area contributed by atoms with Crippen LogP contribution in [0.15, 0.2) is 71.5 Å². The molecule has 2 heterocycles. The Kier molecular flexibility index (Phi) is 6.19. The van der Waals surface area contributed by atoms with Crippen LogP contribution in [-0.4, -0.2) is 48.8 Å². The fraction of sp³-hybridized carbons (Fsp3) is 0.320. The topological polar surface area (TPSA) is 37.7 Å². The molecular weight excluding hydrogens is 374 g/mol. The third-order valence-electron chi connectivity index (χ3n) is 5.67. The highest BCUT2D eigenvalue weighted by Crippen LogP contribution is 2.27. The van der Waals surface area contributed by atoms with Crippen molar-refractivity contribution in [1.82, 2.24) is 9.47 Å². The van der Waals surface area contributed by atoms with Crippen molar-refractivity contribution in [2.45, 2.75) is 13.8 Å². The van der Waals surface area contributed by atoms with Gasteiger partial charge in [-0.3, -0.25) is 9.36 Å².